The van der Waals surface area contributed by atoms with Crippen LogP contribution in [0.4, 0.5) is 0 Å². The molecule has 0 aromatic carbocycles. The van der Waals surface area contributed by atoms with E-state index in [1.54, 1.807) is 11.9 Å². The molecular formula is C13H27N2O4S+. The summed E-state index contributed by atoms with van der Waals surface area (Å²) in [5.41, 5.74) is 0. The highest BCUT2D eigenvalue weighted by atomic mass is 32.2. The Balaban J connectivity index is 4.14. The van der Waals surface area contributed by atoms with E-state index in [0.717, 1.165) is 13.0 Å². The number of carbonyl (C=O) groups is 1. The zero-order chi connectivity index (χ0) is 16.0. The summed E-state index contributed by atoms with van der Waals surface area (Å²) in [4.78, 5) is 12.9. The number of rotatable bonds is 9. The van der Waals surface area contributed by atoms with Gasteiger partial charge in [-0.1, -0.05) is 6.58 Å². The largest absolute Gasteiger partial charge is 0.342 e. The third-order valence-corrected chi connectivity index (χ3v) is 4.71. The molecule has 0 aromatic heterocycles. The van der Waals surface area contributed by atoms with Gasteiger partial charge in [0, 0.05) is 26.4 Å². The van der Waals surface area contributed by atoms with E-state index in [0.29, 0.717) is 24.0 Å². The SMILES string of the molecule is C=CC(=O)N(C)CCC[N+](C)(C)CCC(C)S(=O)(=O)O. The fraction of sp³-hybridized carbons (Fsp3) is 0.769. The second kappa shape index (κ2) is 7.75. The maximum absolute atomic E-state index is 11.3. The lowest BCUT2D eigenvalue weighted by atomic mass is 10.2. The van der Waals surface area contributed by atoms with Gasteiger partial charge in [0.1, 0.15) is 0 Å². The van der Waals surface area contributed by atoms with Crippen molar-refractivity contribution in [1.82, 2.24) is 4.90 Å². The van der Waals surface area contributed by atoms with Crippen LogP contribution in [0.2, 0.25) is 0 Å². The highest BCUT2D eigenvalue weighted by molar-refractivity contribution is 7.86. The fourth-order valence-corrected chi connectivity index (χ4v) is 2.20. The normalized spacial score (nSPS) is 13.8. The molecule has 1 unspecified atom stereocenters. The zero-order valence-electron chi connectivity index (χ0n) is 12.9. The summed E-state index contributed by atoms with van der Waals surface area (Å²) in [6.07, 6.45) is 2.52. The minimum absolute atomic E-state index is 0.102. The molecule has 1 amide bonds. The van der Waals surface area contributed by atoms with Gasteiger partial charge in [-0.2, -0.15) is 8.42 Å². The van der Waals surface area contributed by atoms with Crippen LogP contribution >= 0.6 is 0 Å². The third-order valence-electron chi connectivity index (χ3n) is 3.46. The van der Waals surface area contributed by atoms with Gasteiger partial charge in [-0.15, -0.1) is 0 Å². The van der Waals surface area contributed by atoms with Gasteiger partial charge in [-0.3, -0.25) is 9.35 Å². The molecule has 1 atom stereocenters. The first-order valence-electron chi connectivity index (χ1n) is 6.65. The first-order chi connectivity index (χ1) is 8.99. The monoisotopic (exact) mass is 307 g/mol. The van der Waals surface area contributed by atoms with Crippen LogP contribution in [0.15, 0.2) is 12.7 Å². The van der Waals surface area contributed by atoms with E-state index in [9.17, 15) is 13.2 Å². The first-order valence-corrected chi connectivity index (χ1v) is 8.16. The lowest BCUT2D eigenvalue weighted by Crippen LogP contribution is -2.44. The Kier molecular flexibility index (Phi) is 7.40. The van der Waals surface area contributed by atoms with Gasteiger partial charge >= 0.3 is 0 Å². The molecule has 0 saturated heterocycles. The summed E-state index contributed by atoms with van der Waals surface area (Å²) in [7, 11) is 1.79. The number of hydrogen-bond donors (Lipinski definition) is 1. The van der Waals surface area contributed by atoms with Crippen LogP contribution in [-0.2, 0) is 14.9 Å². The van der Waals surface area contributed by atoms with Crippen LogP contribution in [0.3, 0.4) is 0 Å². The maximum atomic E-state index is 11.3. The van der Waals surface area contributed by atoms with Crippen molar-refractivity contribution in [3.63, 3.8) is 0 Å². The van der Waals surface area contributed by atoms with E-state index >= 15 is 0 Å². The second-order valence-electron chi connectivity index (χ2n) is 5.81. The second-order valence-corrected chi connectivity index (χ2v) is 7.65. The van der Waals surface area contributed by atoms with Gasteiger partial charge in [0.25, 0.3) is 10.1 Å². The fourth-order valence-electron chi connectivity index (χ4n) is 1.79. The number of nitrogens with zero attached hydrogens (tertiary/aromatic N) is 2. The van der Waals surface area contributed by atoms with Crippen LogP contribution in [0.25, 0.3) is 0 Å². The molecule has 1 N–H and O–H groups in total. The van der Waals surface area contributed by atoms with Gasteiger partial charge in [-0.25, -0.2) is 0 Å². The van der Waals surface area contributed by atoms with Crippen LogP contribution in [-0.4, -0.2) is 74.3 Å². The van der Waals surface area contributed by atoms with Gasteiger partial charge < -0.3 is 9.38 Å². The third kappa shape index (κ3) is 7.62. The van der Waals surface area contributed by atoms with E-state index in [1.165, 1.54) is 13.0 Å². The predicted molar refractivity (Wildman–Crippen MR) is 79.9 cm³/mol. The molecule has 0 heterocycles. The minimum atomic E-state index is -3.95. The van der Waals surface area contributed by atoms with Crippen molar-refractivity contribution in [2.45, 2.75) is 25.0 Å². The van der Waals surface area contributed by atoms with Crippen LogP contribution in [0, 0.1) is 0 Å². The molecule has 0 aliphatic heterocycles. The van der Waals surface area contributed by atoms with Crippen molar-refractivity contribution >= 4 is 16.0 Å². The van der Waals surface area contributed by atoms with Crippen molar-refractivity contribution < 1.29 is 22.2 Å². The Bertz CT molecular complexity index is 432. The van der Waals surface area contributed by atoms with Gasteiger partial charge in [-0.05, 0) is 13.0 Å². The van der Waals surface area contributed by atoms with Crippen molar-refractivity contribution in [2.24, 2.45) is 0 Å². The lowest BCUT2D eigenvalue weighted by molar-refractivity contribution is -0.890. The minimum Gasteiger partial charge on any atom is -0.342 e. The topological polar surface area (TPSA) is 74.7 Å². The molecule has 118 valence electrons. The molecule has 0 spiro atoms. The molecule has 0 aromatic rings. The molecule has 6 nitrogen and oxygen atoms in total. The van der Waals surface area contributed by atoms with E-state index in [1.807, 2.05) is 14.1 Å². The van der Waals surface area contributed by atoms with Crippen molar-refractivity contribution in [3.8, 4) is 0 Å². The summed E-state index contributed by atoms with van der Waals surface area (Å²) < 4.78 is 31.5. The number of amides is 1. The Morgan fingerprint density at radius 3 is 2.40 bits per heavy atom. The van der Waals surface area contributed by atoms with E-state index in [-0.39, 0.29) is 5.91 Å². The molecule has 0 rings (SSSR count). The number of quaternary nitrogens is 1. The highest BCUT2D eigenvalue weighted by Gasteiger charge is 2.22. The first kappa shape index (κ1) is 19.1. The molecule has 0 aliphatic rings. The molecule has 0 bridgehead atoms. The van der Waals surface area contributed by atoms with E-state index in [2.05, 4.69) is 6.58 Å². The zero-order valence-corrected chi connectivity index (χ0v) is 13.7. The van der Waals surface area contributed by atoms with Gasteiger partial charge in [0.2, 0.25) is 5.91 Å². The van der Waals surface area contributed by atoms with Crippen molar-refractivity contribution in [2.75, 3.05) is 40.8 Å². The summed E-state index contributed by atoms with van der Waals surface area (Å²) in [6, 6.07) is 0. The van der Waals surface area contributed by atoms with E-state index in [4.69, 9.17) is 4.55 Å². The Morgan fingerprint density at radius 1 is 1.40 bits per heavy atom. The van der Waals surface area contributed by atoms with E-state index < -0.39 is 15.4 Å². The van der Waals surface area contributed by atoms with Gasteiger partial charge in [0.15, 0.2) is 0 Å². The molecule has 0 fully saturated rings. The molecule has 7 heteroatoms. The highest BCUT2D eigenvalue weighted by Crippen LogP contribution is 2.09. The number of carbonyl (C=O) groups excluding carboxylic acids is 1. The average Bonchev–Trinajstić information content (AvgIpc) is 2.33. The molecule has 0 radical (unpaired) electrons. The van der Waals surface area contributed by atoms with Crippen LogP contribution in [0.5, 0.6) is 0 Å². The average molecular weight is 307 g/mol. The molecular weight excluding hydrogens is 280 g/mol. The standard InChI is InChI=1S/C13H26N2O4S/c1-6-13(16)14(3)9-7-10-15(4,5)11-8-12(2)20(17,18)19/h6,12H,1,7-11H2,2-5H3/p+1. The number of likely N-dealkylation sites (N-methyl/N-ethyl adjacent to an activating group) is 1. The summed E-state index contributed by atoms with van der Waals surface area (Å²) >= 11 is 0. The summed E-state index contributed by atoms with van der Waals surface area (Å²) in [5, 5.41) is -0.745. The smallest absolute Gasteiger partial charge is 0.267 e. The van der Waals surface area contributed by atoms with Crippen molar-refractivity contribution in [1.29, 1.82) is 0 Å². The Morgan fingerprint density at radius 2 is 1.95 bits per heavy atom. The van der Waals surface area contributed by atoms with Crippen molar-refractivity contribution in [3.05, 3.63) is 12.7 Å². The summed E-state index contributed by atoms with van der Waals surface area (Å²) in [6.45, 7) is 7.06. The Hall–Kier alpha value is -0.920. The number of hydrogen-bond acceptors (Lipinski definition) is 3. The molecule has 0 aliphatic carbocycles. The maximum Gasteiger partial charge on any atom is 0.267 e. The lowest BCUT2D eigenvalue weighted by Gasteiger charge is -2.31. The van der Waals surface area contributed by atoms with Crippen LogP contribution < -0.4 is 0 Å². The Labute approximate surface area is 122 Å². The molecule has 20 heavy (non-hydrogen) atoms. The summed E-state index contributed by atoms with van der Waals surface area (Å²) in [5.74, 6) is -0.102. The van der Waals surface area contributed by atoms with Gasteiger partial charge in [0.05, 0.1) is 32.4 Å². The quantitative estimate of drug-likeness (QED) is 0.388. The molecule has 0 saturated carbocycles. The predicted octanol–water partition coefficient (Wildman–Crippen LogP) is 0.764. The van der Waals surface area contributed by atoms with Crippen LogP contribution in [0.1, 0.15) is 19.8 Å².